The zero-order valence-electron chi connectivity index (χ0n) is 31.5. The van der Waals surface area contributed by atoms with Crippen molar-refractivity contribution >= 4 is 51.9 Å². The van der Waals surface area contributed by atoms with E-state index in [2.05, 4.69) is 25.4 Å². The van der Waals surface area contributed by atoms with E-state index >= 15 is 0 Å². The van der Waals surface area contributed by atoms with E-state index < -0.39 is 41.5 Å². The molecular formula is C40H40F3N9O6. The molecule has 5 fully saturated rings. The number of rotatable bonds is 8. The van der Waals surface area contributed by atoms with Gasteiger partial charge in [-0.1, -0.05) is 6.07 Å². The normalized spacial score (nSPS) is 23.8. The summed E-state index contributed by atoms with van der Waals surface area (Å²) in [6, 6.07) is 11.9. The second-order valence-corrected chi connectivity index (χ2v) is 15.6. The molecule has 2 N–H and O–H groups in total. The number of alkyl halides is 3. The van der Waals surface area contributed by atoms with E-state index in [4.69, 9.17) is 9.84 Å². The minimum atomic E-state index is -4.68. The molecular weight excluding hydrogens is 759 g/mol. The average Bonchev–Trinajstić information content (AvgIpc) is 3.74. The van der Waals surface area contributed by atoms with Crippen LogP contribution in [0.5, 0.6) is 5.75 Å². The fourth-order valence-corrected chi connectivity index (χ4v) is 9.17. The molecule has 2 aromatic carbocycles. The minimum absolute atomic E-state index is 0.000595. The van der Waals surface area contributed by atoms with Gasteiger partial charge >= 0.3 is 12.2 Å². The molecule has 1 aliphatic carbocycles. The molecule has 2 aromatic heterocycles. The Balaban J connectivity index is 0.811. The van der Waals surface area contributed by atoms with Gasteiger partial charge in [-0.2, -0.15) is 23.3 Å². The van der Waals surface area contributed by atoms with Gasteiger partial charge in [-0.05, 0) is 80.8 Å². The topological polar surface area (TPSA) is 162 Å². The number of piperazine rings is 1. The SMILES string of the molecule is COc1cc2nn(C3CCC(CN4CC5CC[C@@H]4CN5c4ccc5c(c4)C(=O)N(N4CCC(=O)NC4=O)C5=O)CC3)cc2cc1NC(=O)c1cccc(C(F)(F)F)n1. The number of nitrogens with one attached hydrogen (secondary N) is 2. The molecule has 302 valence electrons. The molecule has 2 atom stereocenters. The molecule has 6 amide bonds. The summed E-state index contributed by atoms with van der Waals surface area (Å²) in [5.41, 5.74) is 0.825. The standard InChI is InChI=1S/C40H40F3N9O6/c1-58-33-17-31-23(15-32(33)45-36(54)30-3-2-4-34(44-30)40(41,42)43)19-50(47-31)24-7-5-22(6-8-24)18-48-20-27-10-9-26(48)21-49(27)25-11-12-28-29(16-25)38(56)52(37(28)55)51-14-13-35(53)46-39(51)57/h2-4,11-12,15-17,19,22,24,26-27H,5-10,13-14,18,20-21H2,1H3,(H,45,54)(H,46,53,57)/t22?,24?,26-,27?/m1/s1. The fraction of sp³-hybridized carbons (Fsp3) is 0.425. The van der Waals surface area contributed by atoms with Crippen molar-refractivity contribution < 1.29 is 41.9 Å². The lowest BCUT2D eigenvalue weighted by molar-refractivity contribution is -0.141. The number of amides is 6. The highest BCUT2D eigenvalue weighted by atomic mass is 19.4. The number of pyridine rings is 1. The van der Waals surface area contributed by atoms with Crippen LogP contribution in [0.3, 0.4) is 0 Å². The summed E-state index contributed by atoms with van der Waals surface area (Å²) in [4.78, 5) is 72.0. The van der Waals surface area contributed by atoms with Gasteiger partial charge in [0.05, 0.1) is 42.0 Å². The largest absolute Gasteiger partial charge is 0.494 e. The number of fused-ring (bicyclic) bond motifs is 5. The molecule has 58 heavy (non-hydrogen) atoms. The van der Waals surface area contributed by atoms with Crippen molar-refractivity contribution in [2.75, 3.05) is 43.5 Å². The number of carbonyl (C=O) groups is 5. The summed E-state index contributed by atoms with van der Waals surface area (Å²) < 4.78 is 47.0. The molecule has 4 aromatic rings. The molecule has 7 heterocycles. The van der Waals surface area contributed by atoms with Crippen LogP contribution >= 0.6 is 0 Å². The lowest BCUT2D eigenvalue weighted by Crippen LogP contribution is -2.63. The Morgan fingerprint density at radius 3 is 2.40 bits per heavy atom. The van der Waals surface area contributed by atoms with Gasteiger partial charge in [-0.15, -0.1) is 0 Å². The molecule has 1 saturated carbocycles. The summed E-state index contributed by atoms with van der Waals surface area (Å²) in [6.45, 7) is 2.66. The van der Waals surface area contributed by atoms with Crippen molar-refractivity contribution in [3.05, 3.63) is 77.2 Å². The van der Waals surface area contributed by atoms with Crippen LogP contribution in [0.4, 0.5) is 29.3 Å². The van der Waals surface area contributed by atoms with E-state index in [1.54, 1.807) is 24.3 Å². The number of ether oxygens (including phenoxy) is 1. The van der Waals surface area contributed by atoms with Gasteiger partial charge in [-0.3, -0.25) is 34.1 Å². The van der Waals surface area contributed by atoms with Crippen LogP contribution in [-0.4, -0.2) is 105 Å². The van der Waals surface area contributed by atoms with Crippen molar-refractivity contribution in [3.8, 4) is 5.75 Å². The highest BCUT2D eigenvalue weighted by Crippen LogP contribution is 2.39. The predicted molar refractivity (Wildman–Crippen MR) is 202 cm³/mol. The third kappa shape index (κ3) is 6.77. The summed E-state index contributed by atoms with van der Waals surface area (Å²) in [6.07, 6.45) is 3.33. The van der Waals surface area contributed by atoms with E-state index in [0.717, 1.165) is 91.4 Å². The van der Waals surface area contributed by atoms with E-state index in [0.29, 0.717) is 28.9 Å². The second-order valence-electron chi connectivity index (χ2n) is 15.6. The maximum absolute atomic E-state index is 13.4. The van der Waals surface area contributed by atoms with Gasteiger partial charge in [0, 0.05) is 61.5 Å². The van der Waals surface area contributed by atoms with Crippen LogP contribution in [0.2, 0.25) is 0 Å². The van der Waals surface area contributed by atoms with Crippen molar-refractivity contribution in [2.24, 2.45) is 5.92 Å². The zero-order chi connectivity index (χ0) is 40.5. The zero-order valence-corrected chi connectivity index (χ0v) is 31.5. The maximum atomic E-state index is 13.4. The third-order valence-electron chi connectivity index (χ3n) is 12.1. The van der Waals surface area contributed by atoms with E-state index in [9.17, 15) is 37.1 Å². The van der Waals surface area contributed by atoms with Crippen LogP contribution in [0.25, 0.3) is 10.9 Å². The monoisotopic (exact) mass is 799 g/mol. The van der Waals surface area contributed by atoms with Gasteiger partial charge in [0.1, 0.15) is 17.1 Å². The number of hydrogen-bond acceptors (Lipinski definition) is 10. The number of carbonyl (C=O) groups excluding carboxylic acids is 5. The summed E-state index contributed by atoms with van der Waals surface area (Å²) in [5, 5.41) is 12.2. The quantitative estimate of drug-likeness (QED) is 0.225. The van der Waals surface area contributed by atoms with Gasteiger partial charge < -0.3 is 15.0 Å². The molecule has 4 saturated heterocycles. The molecule has 1 unspecified atom stereocenters. The average molecular weight is 800 g/mol. The Morgan fingerprint density at radius 2 is 1.67 bits per heavy atom. The Bertz CT molecular complexity index is 2360. The Morgan fingerprint density at radius 1 is 0.914 bits per heavy atom. The number of piperidine rings is 2. The van der Waals surface area contributed by atoms with E-state index in [-0.39, 0.29) is 41.9 Å². The number of aromatic nitrogens is 3. The predicted octanol–water partition coefficient (Wildman–Crippen LogP) is 5.25. The number of methoxy groups -OCH3 is 1. The number of imide groups is 2. The first-order valence-corrected chi connectivity index (χ1v) is 19.4. The first-order chi connectivity index (χ1) is 27.8. The number of urea groups is 1. The van der Waals surface area contributed by atoms with E-state index in [1.165, 1.54) is 13.2 Å². The van der Waals surface area contributed by atoms with Crippen LogP contribution in [0.1, 0.15) is 87.9 Å². The Hall–Kier alpha value is -6.04. The van der Waals surface area contributed by atoms with Crippen LogP contribution < -0.4 is 20.3 Å². The van der Waals surface area contributed by atoms with Crippen LogP contribution in [-0.2, 0) is 11.0 Å². The molecule has 5 aliphatic heterocycles. The molecule has 15 nitrogen and oxygen atoms in total. The lowest BCUT2D eigenvalue weighted by atomic mass is 9.83. The Labute approximate surface area is 330 Å². The van der Waals surface area contributed by atoms with E-state index in [1.807, 2.05) is 16.9 Å². The molecule has 2 bridgehead atoms. The molecule has 6 aliphatic rings. The van der Waals surface area contributed by atoms with Crippen molar-refractivity contribution in [1.29, 1.82) is 0 Å². The smallest absolute Gasteiger partial charge is 0.433 e. The molecule has 10 rings (SSSR count). The number of halogens is 3. The first kappa shape index (κ1) is 37.5. The highest BCUT2D eigenvalue weighted by Gasteiger charge is 2.45. The van der Waals surface area contributed by atoms with Crippen LogP contribution in [0.15, 0.2) is 54.7 Å². The number of anilines is 2. The van der Waals surface area contributed by atoms with Gasteiger partial charge in [0.25, 0.3) is 17.7 Å². The van der Waals surface area contributed by atoms with Gasteiger partial charge in [0.2, 0.25) is 5.91 Å². The Kier molecular flexibility index (Phi) is 9.32. The maximum Gasteiger partial charge on any atom is 0.433 e. The third-order valence-corrected chi connectivity index (χ3v) is 12.1. The number of nitrogens with zero attached hydrogens (tertiary/aromatic N) is 7. The number of benzene rings is 2. The summed E-state index contributed by atoms with van der Waals surface area (Å²) in [5.74, 6) is -1.54. The fourth-order valence-electron chi connectivity index (χ4n) is 9.17. The van der Waals surface area contributed by atoms with Crippen molar-refractivity contribution in [1.82, 2.24) is 35.0 Å². The minimum Gasteiger partial charge on any atom is -0.494 e. The summed E-state index contributed by atoms with van der Waals surface area (Å²) in [7, 11) is 1.44. The summed E-state index contributed by atoms with van der Waals surface area (Å²) >= 11 is 0. The van der Waals surface area contributed by atoms with Crippen molar-refractivity contribution in [2.45, 2.75) is 69.2 Å². The highest BCUT2D eigenvalue weighted by molar-refractivity contribution is 6.22. The van der Waals surface area contributed by atoms with Crippen molar-refractivity contribution in [3.63, 3.8) is 0 Å². The molecule has 0 spiro atoms. The van der Waals surface area contributed by atoms with Gasteiger partial charge in [0.15, 0.2) is 0 Å². The molecule has 18 heteroatoms. The first-order valence-electron chi connectivity index (χ1n) is 19.4. The second kappa shape index (κ2) is 14.4. The number of hydrazine groups is 1. The number of hydrogen-bond donors (Lipinski definition) is 2. The van der Waals surface area contributed by atoms with Gasteiger partial charge in [-0.25, -0.2) is 14.8 Å². The van der Waals surface area contributed by atoms with Crippen LogP contribution in [0, 0.1) is 5.92 Å². The molecule has 0 radical (unpaired) electrons. The lowest BCUT2D eigenvalue weighted by Gasteiger charge is -2.53.